The SMILES string of the molecule is COC(=O)c1ccccc1Cn1ccc([N+](=O)[O-])n1. The lowest BCUT2D eigenvalue weighted by atomic mass is 10.1. The summed E-state index contributed by atoms with van der Waals surface area (Å²) in [6.45, 7) is 0.263. The number of nitrogens with zero attached hydrogens (tertiary/aromatic N) is 3. The van der Waals surface area contributed by atoms with Crippen LogP contribution in [0.4, 0.5) is 5.82 Å². The third-order valence-corrected chi connectivity index (χ3v) is 2.57. The van der Waals surface area contributed by atoms with Gasteiger partial charge in [-0.15, -0.1) is 0 Å². The van der Waals surface area contributed by atoms with Crippen LogP contribution in [0.1, 0.15) is 15.9 Å². The minimum Gasteiger partial charge on any atom is -0.465 e. The molecule has 1 aromatic carbocycles. The van der Waals surface area contributed by atoms with Gasteiger partial charge in [-0.3, -0.25) is 0 Å². The van der Waals surface area contributed by atoms with Crippen LogP contribution in [-0.2, 0) is 11.3 Å². The molecule has 0 aliphatic carbocycles. The van der Waals surface area contributed by atoms with Crippen LogP contribution in [0.15, 0.2) is 36.5 Å². The summed E-state index contributed by atoms with van der Waals surface area (Å²) in [5.74, 6) is -0.673. The molecule has 0 radical (unpaired) electrons. The van der Waals surface area contributed by atoms with E-state index in [0.29, 0.717) is 11.1 Å². The molecule has 0 unspecified atom stereocenters. The number of hydrogen-bond donors (Lipinski definition) is 0. The number of benzene rings is 1. The topological polar surface area (TPSA) is 87.3 Å². The highest BCUT2D eigenvalue weighted by molar-refractivity contribution is 5.90. The highest BCUT2D eigenvalue weighted by Crippen LogP contribution is 2.13. The molecule has 98 valence electrons. The van der Waals surface area contributed by atoms with Gasteiger partial charge in [0.05, 0.1) is 36.6 Å². The lowest BCUT2D eigenvalue weighted by Crippen LogP contribution is -2.09. The molecule has 7 heteroatoms. The molecule has 2 rings (SSSR count). The maximum atomic E-state index is 11.6. The largest absolute Gasteiger partial charge is 0.465 e. The van der Waals surface area contributed by atoms with Crippen LogP contribution >= 0.6 is 0 Å². The van der Waals surface area contributed by atoms with Crippen LogP contribution in [0, 0.1) is 10.1 Å². The van der Waals surface area contributed by atoms with E-state index in [1.807, 2.05) is 0 Å². The zero-order valence-electron chi connectivity index (χ0n) is 10.1. The third-order valence-electron chi connectivity index (χ3n) is 2.57. The molecule has 0 saturated carbocycles. The van der Waals surface area contributed by atoms with Gasteiger partial charge in [-0.05, 0) is 16.6 Å². The summed E-state index contributed by atoms with van der Waals surface area (Å²) >= 11 is 0. The first kappa shape index (κ1) is 12.7. The predicted octanol–water partition coefficient (Wildman–Crippen LogP) is 1.63. The van der Waals surface area contributed by atoms with Crippen LogP contribution in [-0.4, -0.2) is 27.8 Å². The van der Waals surface area contributed by atoms with Gasteiger partial charge in [-0.25, -0.2) is 4.79 Å². The zero-order valence-corrected chi connectivity index (χ0v) is 10.1. The number of esters is 1. The van der Waals surface area contributed by atoms with Crippen molar-refractivity contribution < 1.29 is 14.5 Å². The molecule has 2 aromatic rings. The van der Waals surface area contributed by atoms with Crippen molar-refractivity contribution in [1.29, 1.82) is 0 Å². The molecule has 0 spiro atoms. The maximum absolute atomic E-state index is 11.6. The summed E-state index contributed by atoms with van der Waals surface area (Å²) in [4.78, 5) is 21.6. The van der Waals surface area contributed by atoms with Crippen molar-refractivity contribution in [3.05, 3.63) is 57.8 Å². The Labute approximate surface area is 108 Å². The van der Waals surface area contributed by atoms with Crippen LogP contribution in [0.5, 0.6) is 0 Å². The molecule has 0 aliphatic heterocycles. The van der Waals surface area contributed by atoms with Crippen LogP contribution in [0.3, 0.4) is 0 Å². The molecule has 0 bridgehead atoms. The van der Waals surface area contributed by atoms with E-state index < -0.39 is 10.9 Å². The van der Waals surface area contributed by atoms with Crippen molar-refractivity contribution in [3.8, 4) is 0 Å². The van der Waals surface area contributed by atoms with Gasteiger partial charge in [0.15, 0.2) is 0 Å². The van der Waals surface area contributed by atoms with Crippen LogP contribution in [0.2, 0.25) is 0 Å². The summed E-state index contributed by atoms with van der Waals surface area (Å²) < 4.78 is 6.08. The van der Waals surface area contributed by atoms with Gasteiger partial charge < -0.3 is 14.9 Å². The quantitative estimate of drug-likeness (QED) is 0.474. The first-order chi connectivity index (χ1) is 9.11. The summed E-state index contributed by atoms with van der Waals surface area (Å²) in [5, 5.41) is 14.3. The normalized spacial score (nSPS) is 10.2. The Bertz CT molecular complexity index is 621. The first-order valence-corrected chi connectivity index (χ1v) is 5.46. The fourth-order valence-electron chi connectivity index (χ4n) is 1.68. The van der Waals surface area contributed by atoms with Crippen molar-refractivity contribution in [2.45, 2.75) is 6.54 Å². The second kappa shape index (κ2) is 5.30. The minimum absolute atomic E-state index is 0.226. The van der Waals surface area contributed by atoms with Gasteiger partial charge in [-0.2, -0.15) is 4.68 Å². The Morgan fingerprint density at radius 2 is 2.16 bits per heavy atom. The number of aromatic nitrogens is 2. The van der Waals surface area contributed by atoms with Crippen molar-refractivity contribution in [2.75, 3.05) is 7.11 Å². The first-order valence-electron chi connectivity index (χ1n) is 5.46. The molecular formula is C12H11N3O4. The van der Waals surface area contributed by atoms with Crippen molar-refractivity contribution >= 4 is 11.8 Å². The van der Waals surface area contributed by atoms with E-state index in [-0.39, 0.29) is 12.4 Å². The molecular weight excluding hydrogens is 250 g/mol. The summed E-state index contributed by atoms with van der Waals surface area (Å²) in [5.41, 5.74) is 1.11. The molecule has 1 heterocycles. The van der Waals surface area contributed by atoms with Gasteiger partial charge in [0.25, 0.3) is 0 Å². The van der Waals surface area contributed by atoms with Crippen LogP contribution < -0.4 is 0 Å². The second-order valence-electron chi connectivity index (χ2n) is 3.78. The van der Waals surface area contributed by atoms with Gasteiger partial charge in [0.2, 0.25) is 0 Å². The highest BCUT2D eigenvalue weighted by atomic mass is 16.6. The Kier molecular flexibility index (Phi) is 3.56. The second-order valence-corrected chi connectivity index (χ2v) is 3.78. The number of carbonyl (C=O) groups excluding carboxylic acids is 1. The maximum Gasteiger partial charge on any atom is 0.389 e. The Morgan fingerprint density at radius 1 is 1.42 bits per heavy atom. The number of hydrogen-bond acceptors (Lipinski definition) is 5. The minimum atomic E-state index is -0.567. The van der Waals surface area contributed by atoms with E-state index in [4.69, 9.17) is 0 Å². The highest BCUT2D eigenvalue weighted by Gasteiger charge is 2.15. The van der Waals surface area contributed by atoms with Gasteiger partial charge in [0.1, 0.15) is 0 Å². The van der Waals surface area contributed by atoms with E-state index in [1.54, 1.807) is 24.3 Å². The summed E-state index contributed by atoms with van der Waals surface area (Å²) in [7, 11) is 1.30. The van der Waals surface area contributed by atoms with Crippen molar-refractivity contribution in [3.63, 3.8) is 0 Å². The Morgan fingerprint density at radius 3 is 2.79 bits per heavy atom. The number of rotatable bonds is 4. The third kappa shape index (κ3) is 2.76. The molecule has 0 N–H and O–H groups in total. The number of nitro groups is 1. The average molecular weight is 261 g/mol. The fourth-order valence-corrected chi connectivity index (χ4v) is 1.68. The van der Waals surface area contributed by atoms with E-state index in [1.165, 1.54) is 24.1 Å². The lowest BCUT2D eigenvalue weighted by molar-refractivity contribution is -0.389. The predicted molar refractivity (Wildman–Crippen MR) is 65.8 cm³/mol. The molecule has 1 aromatic heterocycles. The summed E-state index contributed by atoms with van der Waals surface area (Å²) in [6.07, 6.45) is 1.49. The monoisotopic (exact) mass is 261 g/mol. The van der Waals surface area contributed by atoms with Crippen molar-refractivity contribution in [2.24, 2.45) is 0 Å². The molecule has 0 fully saturated rings. The van der Waals surface area contributed by atoms with Crippen molar-refractivity contribution in [1.82, 2.24) is 9.78 Å². The van der Waals surface area contributed by atoms with E-state index in [9.17, 15) is 14.9 Å². The number of carbonyl (C=O) groups is 1. The van der Waals surface area contributed by atoms with E-state index in [0.717, 1.165) is 0 Å². The Balaban J connectivity index is 2.27. The average Bonchev–Trinajstić information content (AvgIpc) is 2.87. The van der Waals surface area contributed by atoms with E-state index >= 15 is 0 Å². The molecule has 0 saturated heterocycles. The molecule has 0 atom stereocenters. The molecule has 19 heavy (non-hydrogen) atoms. The number of ether oxygens (including phenoxy) is 1. The Hall–Kier alpha value is -2.70. The summed E-state index contributed by atoms with van der Waals surface area (Å²) in [6, 6.07) is 8.20. The van der Waals surface area contributed by atoms with Crippen LogP contribution in [0.25, 0.3) is 0 Å². The fraction of sp³-hybridized carbons (Fsp3) is 0.167. The zero-order chi connectivity index (χ0) is 13.8. The number of methoxy groups -OCH3 is 1. The van der Waals surface area contributed by atoms with Gasteiger partial charge >= 0.3 is 11.8 Å². The standard InChI is InChI=1S/C12H11N3O4/c1-19-12(16)10-5-3-2-4-9(10)8-14-7-6-11(13-14)15(17)18/h2-7H,8H2,1H3. The lowest BCUT2D eigenvalue weighted by Gasteiger charge is -2.05. The molecule has 0 aliphatic rings. The van der Waals surface area contributed by atoms with Gasteiger partial charge in [0, 0.05) is 0 Å². The van der Waals surface area contributed by atoms with Gasteiger partial charge in [-0.1, -0.05) is 18.2 Å². The smallest absolute Gasteiger partial charge is 0.389 e. The van der Waals surface area contributed by atoms with E-state index in [2.05, 4.69) is 9.84 Å². The molecule has 7 nitrogen and oxygen atoms in total. The molecule has 0 amide bonds.